The molecule has 5 aromatic rings. The summed E-state index contributed by atoms with van der Waals surface area (Å²) in [5, 5.41) is 8.34. The summed E-state index contributed by atoms with van der Waals surface area (Å²) in [4.78, 5) is 115. The van der Waals surface area contributed by atoms with Crippen molar-refractivity contribution in [3.05, 3.63) is 200 Å². The molecule has 119 heavy (non-hydrogen) atoms. The summed E-state index contributed by atoms with van der Waals surface area (Å²) in [5.41, 5.74) is 24.4. The van der Waals surface area contributed by atoms with Gasteiger partial charge in [-0.25, -0.2) is 9.59 Å². The van der Waals surface area contributed by atoms with Crippen LogP contribution in [0.4, 0.5) is 0 Å². The second-order valence-corrected chi connectivity index (χ2v) is 28.2. The Morgan fingerprint density at radius 2 is 0.681 bits per heavy atom. The lowest BCUT2D eigenvalue weighted by Gasteiger charge is -2.51. The second kappa shape index (κ2) is 45.3. The Hall–Kier alpha value is -10.1. The van der Waals surface area contributed by atoms with Gasteiger partial charge < -0.3 is 109 Å². The number of ether oxygens (including phenoxy) is 23. The van der Waals surface area contributed by atoms with Crippen molar-refractivity contribution in [3.63, 3.8) is 0 Å². The molecule has 5 aliphatic rings. The molecule has 0 aliphatic carbocycles. The first-order valence-electron chi connectivity index (χ1n) is 38.3. The summed E-state index contributed by atoms with van der Waals surface area (Å²) in [6.45, 7) is 4.36. The van der Waals surface area contributed by atoms with E-state index in [-0.39, 0.29) is 39.5 Å². The maximum atomic E-state index is 15.1. The van der Waals surface area contributed by atoms with Gasteiger partial charge in [0, 0.05) is 57.5 Å². The van der Waals surface area contributed by atoms with Gasteiger partial charge in [0.25, 0.3) is 0 Å². The van der Waals surface area contributed by atoms with Crippen LogP contribution in [0.2, 0.25) is 0 Å². The van der Waals surface area contributed by atoms with E-state index in [1.165, 1.54) is 21.1 Å². The smallest absolute Gasteiger partial charge is 0.337 e. The van der Waals surface area contributed by atoms with Crippen LogP contribution in [0.3, 0.4) is 0 Å². The Bertz CT molecular complexity index is 4200. The Balaban J connectivity index is 1.08. The van der Waals surface area contributed by atoms with Crippen LogP contribution >= 0.6 is 0 Å². The zero-order valence-corrected chi connectivity index (χ0v) is 67.1. The van der Waals surface area contributed by atoms with E-state index in [4.69, 9.17) is 109 Å². The van der Waals surface area contributed by atoms with Crippen LogP contribution in [0, 0.1) is 11.8 Å². The van der Waals surface area contributed by atoms with E-state index in [0.29, 0.717) is 22.3 Å². The molecule has 10 rings (SSSR count). The minimum atomic E-state index is -2.12. The zero-order chi connectivity index (χ0) is 85.1. The molecule has 5 saturated heterocycles. The van der Waals surface area contributed by atoms with E-state index < -0.39 is 221 Å². The van der Waals surface area contributed by atoms with Crippen LogP contribution in [-0.4, -0.2) is 237 Å². The SMILES string of the molecule is COC(=O)CC1C(OC)OC(COC(C)=O)C(OC2OC(C(=O)OC)C(OC3OC(COC(C)=O)C(OC4OC(C(=O)OC)C(OC5OC(COC(C)=O)C(OCc6ccccc6)C(OCc6ccccc6)C5N=[N+]=[N-])C(OCc5ccccc5)C4OCc4ccccc4)C(OC(C)=O)C3N=[N+]=[N-])C(OCc3ccccc3)C2OC(C)=O)C1C. The molecule has 25 unspecified atom stereocenters. The minimum absolute atomic E-state index is 0.0442. The van der Waals surface area contributed by atoms with Gasteiger partial charge in [-0.3, -0.25) is 28.8 Å². The fourth-order valence-corrected chi connectivity index (χ4v) is 14.5. The maximum absolute atomic E-state index is 15.1. The monoisotopic (exact) mass is 1660 g/mol. The molecule has 0 spiro atoms. The highest BCUT2D eigenvalue weighted by molar-refractivity contribution is 5.76. The van der Waals surface area contributed by atoms with Crippen LogP contribution in [0.15, 0.2) is 162 Å². The maximum Gasteiger partial charge on any atom is 0.337 e. The number of carbonyl (C=O) groups excluding carboxylic acids is 8. The number of rotatable bonds is 38. The molecule has 5 aromatic carbocycles. The first-order chi connectivity index (χ1) is 57.5. The molecule has 642 valence electrons. The van der Waals surface area contributed by atoms with E-state index >= 15 is 4.79 Å². The fourth-order valence-electron chi connectivity index (χ4n) is 14.5. The summed E-state index contributed by atoms with van der Waals surface area (Å²) >= 11 is 0. The number of azide groups is 2. The summed E-state index contributed by atoms with van der Waals surface area (Å²) in [6.07, 6.45) is -36.0. The lowest BCUT2D eigenvalue weighted by molar-refractivity contribution is -0.382. The van der Waals surface area contributed by atoms with Crippen molar-refractivity contribution in [1.29, 1.82) is 0 Å². The zero-order valence-electron chi connectivity index (χ0n) is 67.1. The van der Waals surface area contributed by atoms with Crippen LogP contribution in [0.25, 0.3) is 20.9 Å². The Kier molecular flexibility index (Phi) is 34.7. The van der Waals surface area contributed by atoms with Gasteiger partial charge in [0.05, 0.1) is 66.9 Å². The van der Waals surface area contributed by atoms with Crippen molar-refractivity contribution in [2.45, 2.75) is 222 Å². The Morgan fingerprint density at radius 3 is 1.06 bits per heavy atom. The van der Waals surface area contributed by atoms with E-state index in [2.05, 4.69) is 20.1 Å². The Labute approximate surface area is 685 Å². The molecule has 5 fully saturated rings. The predicted molar refractivity (Wildman–Crippen MR) is 405 cm³/mol. The molecule has 5 heterocycles. The van der Waals surface area contributed by atoms with Crippen LogP contribution < -0.4 is 0 Å². The predicted octanol–water partition coefficient (Wildman–Crippen LogP) is 7.80. The number of benzene rings is 5. The number of carbonyl (C=O) groups is 8. The van der Waals surface area contributed by atoms with E-state index in [1.807, 2.05) is 36.4 Å². The molecule has 0 bridgehead atoms. The van der Waals surface area contributed by atoms with Crippen molar-refractivity contribution in [3.8, 4) is 0 Å². The van der Waals surface area contributed by atoms with E-state index in [0.717, 1.165) is 47.5 Å². The third-order valence-electron chi connectivity index (χ3n) is 20.1. The normalized spacial score (nSPS) is 30.4. The topological polar surface area (TPSA) is 446 Å². The number of hydrogen-bond acceptors (Lipinski definition) is 33. The quantitative estimate of drug-likeness (QED) is 0.0119. The summed E-state index contributed by atoms with van der Waals surface area (Å²) in [7, 11) is 4.60. The van der Waals surface area contributed by atoms with Gasteiger partial charge in [-0.15, -0.1) is 0 Å². The largest absolute Gasteiger partial charge is 0.469 e. The molecular weight excluding hydrogens is 1560 g/mol. The number of methoxy groups -OCH3 is 4. The van der Waals surface area contributed by atoms with Crippen LogP contribution in [-0.2, 0) is 180 Å². The standard InChI is InChI=1S/C82H98N6O31/c1-45-56(36-60(94)97-7)78(100-10)111-57(42-101-46(2)89)63(45)114-82-75(110-50(6)93)69(107-40-54-32-22-14-23-33-54)71(73(119-82)77(96)99-9)117-80-62(86-88-84)67(109-49(5)92)65(59(113-80)44-103-48(4)91)115-81-74(108-41-55-34-24-15-25-35-55)68(106-39-53-30-20-13-21-31-53)70(72(118-81)76(95)98-8)116-79-61(85-87-83)66(105-38-52-28-18-12-19-29-52)64(58(112-79)43-102-47(3)90)104-37-51-26-16-11-17-27-51/h11-35,45,56-59,61-75,78-82H,36-44H2,1-10H3. The molecule has 25 atom stereocenters. The summed E-state index contributed by atoms with van der Waals surface area (Å²) in [5.74, 6) is -8.95. The van der Waals surface area contributed by atoms with Crippen molar-refractivity contribution in [2.24, 2.45) is 22.1 Å². The van der Waals surface area contributed by atoms with Gasteiger partial charge in [-0.05, 0) is 44.8 Å². The van der Waals surface area contributed by atoms with Gasteiger partial charge in [-0.1, -0.05) is 169 Å². The van der Waals surface area contributed by atoms with E-state index in [9.17, 15) is 44.6 Å². The highest BCUT2D eigenvalue weighted by Crippen LogP contribution is 2.44. The molecule has 0 radical (unpaired) electrons. The van der Waals surface area contributed by atoms with Crippen molar-refractivity contribution >= 4 is 47.8 Å². The lowest BCUT2D eigenvalue weighted by Crippen LogP contribution is -2.69. The second-order valence-electron chi connectivity index (χ2n) is 28.2. The van der Waals surface area contributed by atoms with Crippen LogP contribution in [0.1, 0.15) is 75.8 Å². The first-order valence-corrected chi connectivity index (χ1v) is 38.3. The Morgan fingerprint density at radius 1 is 0.353 bits per heavy atom. The summed E-state index contributed by atoms with van der Waals surface area (Å²) < 4.78 is 146. The fraction of sp³-hybridized carbons (Fsp3) is 0.537. The van der Waals surface area contributed by atoms with E-state index in [1.54, 1.807) is 122 Å². The average molecular weight is 1660 g/mol. The third kappa shape index (κ3) is 25.0. The molecule has 37 heteroatoms. The van der Waals surface area contributed by atoms with Crippen molar-refractivity contribution < 1.29 is 147 Å². The molecule has 0 amide bonds. The number of esters is 8. The number of hydrogen-bond donors (Lipinski definition) is 0. The first kappa shape index (κ1) is 91.2. The molecule has 0 N–H and O–H groups in total. The number of nitrogens with zero attached hydrogens (tertiary/aromatic N) is 6. The highest BCUT2D eigenvalue weighted by atomic mass is 16.8. The lowest BCUT2D eigenvalue weighted by atomic mass is 9.81. The van der Waals surface area contributed by atoms with Gasteiger partial charge in [0.2, 0.25) is 0 Å². The van der Waals surface area contributed by atoms with Crippen molar-refractivity contribution in [1.82, 2.24) is 0 Å². The van der Waals surface area contributed by atoms with Gasteiger partial charge in [0.1, 0.15) is 105 Å². The summed E-state index contributed by atoms with van der Waals surface area (Å²) in [6, 6.07) is 40.6. The molecular formula is C82H98N6O31. The van der Waals surface area contributed by atoms with Gasteiger partial charge in [-0.2, -0.15) is 0 Å². The van der Waals surface area contributed by atoms with Gasteiger partial charge >= 0.3 is 47.8 Å². The van der Waals surface area contributed by atoms with Crippen LogP contribution in [0.5, 0.6) is 0 Å². The molecule has 0 aromatic heterocycles. The molecule has 37 nitrogen and oxygen atoms in total. The van der Waals surface area contributed by atoms with Crippen molar-refractivity contribution in [2.75, 3.05) is 48.3 Å². The minimum Gasteiger partial charge on any atom is -0.469 e. The van der Waals surface area contributed by atoms with Gasteiger partial charge in [0.15, 0.2) is 49.8 Å². The molecule has 5 aliphatic heterocycles. The molecule has 0 saturated carbocycles. The third-order valence-corrected chi connectivity index (χ3v) is 20.1. The average Bonchev–Trinajstić information content (AvgIpc) is 0.756. The highest BCUT2D eigenvalue weighted by Gasteiger charge is 2.62.